The fraction of sp³-hybridized carbons (Fsp3) is 0.261. The number of amides is 3. The summed E-state index contributed by atoms with van der Waals surface area (Å²) in [5.74, 6) is -0.362. The van der Waals surface area contributed by atoms with Gasteiger partial charge in [-0.05, 0) is 95.8 Å². The molecule has 0 spiro atoms. The van der Waals surface area contributed by atoms with Crippen LogP contribution in [0, 0.1) is 11.3 Å². The van der Waals surface area contributed by atoms with E-state index in [9.17, 15) is 19.2 Å². The molecule has 10 nitrogen and oxygen atoms in total. The van der Waals surface area contributed by atoms with E-state index in [1.807, 2.05) is 36.4 Å². The summed E-state index contributed by atoms with van der Waals surface area (Å²) in [5.41, 5.74) is 3.67. The topological polar surface area (TPSA) is 132 Å². The standard InChI is InChI=1S/C46H47N3O7S2/c1-46(2,3)31-21-22-34-38(26-31)58-44(39(34)45(53)56-6)49-43(52)40(29-14-9-7-10-15-29)57-33-19-13-18-32(27-33)47-42(51)35(48-41(50)30-16-11-8-12-17-30)24-28-20-23-36(54-4)37(25-28)55-5/h7-20,23-25,27,31,40H,21-22,26H2,1-6H3,(H,47,51)(H,48,50)(H,49,52)/b35-24+. The molecule has 3 amide bonds. The van der Waals surface area contributed by atoms with Gasteiger partial charge in [-0.3, -0.25) is 14.4 Å². The number of carbonyl (C=O) groups is 4. The Morgan fingerprint density at radius 2 is 1.53 bits per heavy atom. The Hall–Kier alpha value is -5.85. The van der Waals surface area contributed by atoms with Gasteiger partial charge in [-0.15, -0.1) is 23.1 Å². The van der Waals surface area contributed by atoms with Crippen LogP contribution in [0.15, 0.2) is 114 Å². The molecule has 0 radical (unpaired) electrons. The second-order valence-corrected chi connectivity index (χ2v) is 17.2. The van der Waals surface area contributed by atoms with E-state index in [-0.39, 0.29) is 17.0 Å². The summed E-state index contributed by atoms with van der Waals surface area (Å²) in [7, 11) is 4.41. The molecule has 1 aliphatic carbocycles. The lowest BCUT2D eigenvalue weighted by Crippen LogP contribution is -2.30. The molecule has 0 bridgehead atoms. The predicted octanol–water partition coefficient (Wildman–Crippen LogP) is 9.58. The van der Waals surface area contributed by atoms with Crippen molar-refractivity contribution in [2.75, 3.05) is 32.0 Å². The minimum absolute atomic E-state index is 0.00505. The quantitative estimate of drug-likeness (QED) is 0.0609. The van der Waals surface area contributed by atoms with Crippen molar-refractivity contribution in [1.82, 2.24) is 5.32 Å². The number of fused-ring (bicyclic) bond motifs is 1. The molecule has 1 aromatic heterocycles. The van der Waals surface area contributed by atoms with Gasteiger partial charge < -0.3 is 30.2 Å². The van der Waals surface area contributed by atoms with Crippen LogP contribution in [0.1, 0.15) is 74.7 Å². The minimum Gasteiger partial charge on any atom is -0.493 e. The number of carbonyl (C=O) groups excluding carboxylic acids is 4. The summed E-state index contributed by atoms with van der Waals surface area (Å²) in [4.78, 5) is 56.5. The Bertz CT molecular complexity index is 2320. The summed E-state index contributed by atoms with van der Waals surface area (Å²) >= 11 is 2.76. The van der Waals surface area contributed by atoms with Crippen LogP contribution in [0.4, 0.5) is 10.7 Å². The van der Waals surface area contributed by atoms with Crippen LogP contribution < -0.4 is 25.4 Å². The Kier molecular flexibility index (Phi) is 13.4. The van der Waals surface area contributed by atoms with Crippen LogP contribution in [0.5, 0.6) is 11.5 Å². The molecule has 300 valence electrons. The molecule has 1 heterocycles. The first-order valence-electron chi connectivity index (χ1n) is 18.8. The van der Waals surface area contributed by atoms with Gasteiger partial charge in [0, 0.05) is 21.0 Å². The van der Waals surface area contributed by atoms with E-state index in [2.05, 4.69) is 36.7 Å². The third-order valence-corrected chi connectivity index (χ3v) is 12.5. The molecule has 0 saturated carbocycles. The lowest BCUT2D eigenvalue weighted by molar-refractivity contribution is -0.116. The second-order valence-electron chi connectivity index (χ2n) is 14.9. The van der Waals surface area contributed by atoms with Gasteiger partial charge in [0.05, 0.1) is 26.9 Å². The molecule has 4 aromatic carbocycles. The van der Waals surface area contributed by atoms with E-state index in [1.54, 1.807) is 72.8 Å². The van der Waals surface area contributed by atoms with Gasteiger partial charge in [-0.25, -0.2) is 4.79 Å². The van der Waals surface area contributed by atoms with Crippen molar-refractivity contribution < 1.29 is 33.4 Å². The number of thiophene rings is 1. The zero-order valence-electron chi connectivity index (χ0n) is 33.3. The van der Waals surface area contributed by atoms with Gasteiger partial charge in [0.2, 0.25) is 5.91 Å². The highest BCUT2D eigenvalue weighted by atomic mass is 32.2. The van der Waals surface area contributed by atoms with E-state index in [0.717, 1.165) is 35.3 Å². The van der Waals surface area contributed by atoms with Gasteiger partial charge in [0.1, 0.15) is 15.9 Å². The van der Waals surface area contributed by atoms with Crippen molar-refractivity contribution in [2.24, 2.45) is 11.3 Å². The Labute approximate surface area is 347 Å². The van der Waals surface area contributed by atoms with Crippen molar-refractivity contribution >= 4 is 63.6 Å². The molecule has 2 atom stereocenters. The van der Waals surface area contributed by atoms with Crippen molar-refractivity contribution in [2.45, 2.75) is 50.2 Å². The highest BCUT2D eigenvalue weighted by Gasteiger charge is 2.35. The molecule has 5 aromatic rings. The summed E-state index contributed by atoms with van der Waals surface area (Å²) in [6.45, 7) is 6.71. The molecule has 12 heteroatoms. The molecule has 2 unspecified atom stereocenters. The summed E-state index contributed by atoms with van der Waals surface area (Å²) in [6.07, 6.45) is 4.08. The number of hydrogen-bond acceptors (Lipinski definition) is 9. The van der Waals surface area contributed by atoms with Gasteiger partial charge in [-0.2, -0.15) is 0 Å². The van der Waals surface area contributed by atoms with Crippen molar-refractivity contribution in [3.05, 3.63) is 142 Å². The monoisotopic (exact) mass is 817 g/mol. The minimum atomic E-state index is -0.718. The SMILES string of the molecule is COC(=O)c1c(NC(=O)C(Sc2cccc(NC(=O)/C(=C\c3ccc(OC)c(OC)c3)NC(=O)c3ccccc3)c2)c2ccccc2)sc2c1CCC(C(C)(C)C)C2. The lowest BCUT2D eigenvalue weighted by Gasteiger charge is -2.33. The molecular weight excluding hydrogens is 771 g/mol. The second kappa shape index (κ2) is 18.6. The molecule has 0 aliphatic heterocycles. The number of esters is 1. The fourth-order valence-corrected chi connectivity index (χ4v) is 9.24. The number of benzene rings is 4. The van der Waals surface area contributed by atoms with Crippen LogP contribution >= 0.6 is 23.1 Å². The van der Waals surface area contributed by atoms with E-state index in [4.69, 9.17) is 14.2 Å². The van der Waals surface area contributed by atoms with Crippen molar-refractivity contribution in [3.63, 3.8) is 0 Å². The smallest absolute Gasteiger partial charge is 0.341 e. The number of thioether (sulfide) groups is 1. The third-order valence-electron chi connectivity index (χ3n) is 10.0. The first-order chi connectivity index (χ1) is 27.9. The lowest BCUT2D eigenvalue weighted by atomic mass is 9.72. The van der Waals surface area contributed by atoms with Gasteiger partial charge in [-0.1, -0.05) is 81.4 Å². The van der Waals surface area contributed by atoms with E-state index < -0.39 is 23.0 Å². The molecule has 1 aliphatic rings. The van der Waals surface area contributed by atoms with Crippen molar-refractivity contribution in [3.8, 4) is 11.5 Å². The fourth-order valence-electron chi connectivity index (χ4n) is 6.84. The summed E-state index contributed by atoms with van der Waals surface area (Å²) < 4.78 is 16.0. The predicted molar refractivity (Wildman–Crippen MR) is 231 cm³/mol. The van der Waals surface area contributed by atoms with Gasteiger partial charge in [0.25, 0.3) is 11.8 Å². The highest BCUT2D eigenvalue weighted by molar-refractivity contribution is 8.00. The first kappa shape index (κ1) is 41.8. The average Bonchev–Trinajstić information content (AvgIpc) is 3.59. The molecule has 3 N–H and O–H groups in total. The number of anilines is 2. The zero-order chi connectivity index (χ0) is 41.4. The van der Waals surface area contributed by atoms with Crippen LogP contribution in [0.2, 0.25) is 0 Å². The van der Waals surface area contributed by atoms with Crippen LogP contribution in [-0.4, -0.2) is 45.0 Å². The van der Waals surface area contributed by atoms with Crippen LogP contribution in [0.25, 0.3) is 6.08 Å². The Balaban J connectivity index is 1.26. The number of nitrogens with one attached hydrogen (secondary N) is 3. The molecule has 0 fully saturated rings. The number of ether oxygens (including phenoxy) is 3. The highest BCUT2D eigenvalue weighted by Crippen LogP contribution is 2.45. The molecule has 6 rings (SSSR count). The average molecular weight is 818 g/mol. The largest absolute Gasteiger partial charge is 0.493 e. The van der Waals surface area contributed by atoms with Crippen LogP contribution in [0.3, 0.4) is 0 Å². The maximum absolute atomic E-state index is 14.3. The zero-order valence-corrected chi connectivity index (χ0v) is 35.0. The van der Waals surface area contributed by atoms with Gasteiger partial charge in [0.15, 0.2) is 11.5 Å². The number of hydrogen-bond donors (Lipinski definition) is 3. The van der Waals surface area contributed by atoms with E-state index >= 15 is 0 Å². The number of rotatable bonds is 13. The molecule has 58 heavy (non-hydrogen) atoms. The summed E-state index contributed by atoms with van der Waals surface area (Å²) in [6, 6.07) is 30.3. The summed E-state index contributed by atoms with van der Waals surface area (Å²) in [5, 5.41) is 8.57. The Morgan fingerprint density at radius 3 is 2.21 bits per heavy atom. The normalized spacial score (nSPS) is 14.4. The van der Waals surface area contributed by atoms with Gasteiger partial charge >= 0.3 is 5.97 Å². The third kappa shape index (κ3) is 9.99. The maximum Gasteiger partial charge on any atom is 0.341 e. The molecular formula is C46H47N3O7S2. The Morgan fingerprint density at radius 1 is 0.828 bits per heavy atom. The first-order valence-corrected chi connectivity index (χ1v) is 20.5. The van der Waals surface area contributed by atoms with E-state index in [1.165, 1.54) is 44.4 Å². The number of methoxy groups -OCH3 is 3. The maximum atomic E-state index is 14.3. The molecule has 0 saturated heterocycles. The van der Waals surface area contributed by atoms with Crippen molar-refractivity contribution in [1.29, 1.82) is 0 Å². The van der Waals surface area contributed by atoms with Crippen LogP contribution in [-0.2, 0) is 27.2 Å². The van der Waals surface area contributed by atoms with E-state index in [0.29, 0.717) is 49.7 Å².